The number of carbonyl (C=O) groups excluding carboxylic acids is 2. The molecule has 0 heterocycles. The Morgan fingerprint density at radius 3 is 2.62 bits per heavy atom. The van der Waals surface area contributed by atoms with Crippen LogP contribution in [0.15, 0.2) is 42.5 Å². The zero-order valence-corrected chi connectivity index (χ0v) is 14.2. The monoisotopic (exact) mass is 369 g/mol. The average Bonchev–Trinajstić information content (AvgIpc) is 2.49. The molecule has 2 aromatic carbocycles. The van der Waals surface area contributed by atoms with Gasteiger partial charge in [0.15, 0.2) is 6.10 Å². The number of nitrogens with one attached hydrogen (secondary N) is 1. The summed E-state index contributed by atoms with van der Waals surface area (Å²) in [6.07, 6.45) is -1.16. The lowest BCUT2D eigenvalue weighted by Gasteiger charge is -2.14. The van der Waals surface area contributed by atoms with E-state index >= 15 is 0 Å². The molecule has 2 rings (SSSR count). The molecule has 7 heteroatoms. The molecular weight excluding hydrogens is 356 g/mol. The summed E-state index contributed by atoms with van der Waals surface area (Å²) < 4.78 is 18.1. The van der Waals surface area contributed by atoms with Crippen molar-refractivity contribution in [2.24, 2.45) is 0 Å². The molecule has 4 nitrogen and oxygen atoms in total. The van der Waals surface area contributed by atoms with Crippen LogP contribution in [0, 0.1) is 5.82 Å². The molecule has 0 bridgehead atoms. The third kappa shape index (κ3) is 5.22. The van der Waals surface area contributed by atoms with E-state index in [4.69, 9.17) is 27.9 Å². The molecule has 1 N–H and O–H groups in total. The molecule has 126 valence electrons. The molecule has 0 aromatic heterocycles. The molecule has 0 aliphatic rings. The Labute approximate surface area is 148 Å². The molecule has 2 aromatic rings. The number of hydrogen-bond donors (Lipinski definition) is 1. The van der Waals surface area contributed by atoms with E-state index in [0.717, 1.165) is 0 Å². The van der Waals surface area contributed by atoms with Gasteiger partial charge in [-0.1, -0.05) is 35.3 Å². The summed E-state index contributed by atoms with van der Waals surface area (Å²) in [5.74, 6) is -1.61. The van der Waals surface area contributed by atoms with Crippen molar-refractivity contribution in [3.05, 3.63) is 63.9 Å². The summed E-state index contributed by atoms with van der Waals surface area (Å²) in [5, 5.41) is 3.26. The third-order valence-electron chi connectivity index (χ3n) is 3.10. The van der Waals surface area contributed by atoms with Crippen molar-refractivity contribution < 1.29 is 18.7 Å². The molecule has 24 heavy (non-hydrogen) atoms. The van der Waals surface area contributed by atoms with Gasteiger partial charge in [-0.05, 0) is 42.8 Å². The fourth-order valence-corrected chi connectivity index (χ4v) is 2.39. The van der Waals surface area contributed by atoms with E-state index in [1.54, 1.807) is 18.2 Å². The van der Waals surface area contributed by atoms with Gasteiger partial charge in [0.2, 0.25) is 0 Å². The normalized spacial score (nSPS) is 11.7. The van der Waals surface area contributed by atoms with Crippen LogP contribution in [0.2, 0.25) is 10.0 Å². The minimum absolute atomic E-state index is 0.128. The Kier molecular flexibility index (Phi) is 6.17. The van der Waals surface area contributed by atoms with Crippen molar-refractivity contribution in [2.45, 2.75) is 19.4 Å². The van der Waals surface area contributed by atoms with Crippen LogP contribution >= 0.6 is 23.2 Å². The molecule has 1 amide bonds. The minimum Gasteiger partial charge on any atom is -0.452 e. The lowest BCUT2D eigenvalue weighted by molar-refractivity contribution is -0.152. The predicted octanol–water partition coefficient (Wildman–Crippen LogP) is 4.25. The maximum absolute atomic E-state index is 13.1. The van der Waals surface area contributed by atoms with E-state index in [1.165, 1.54) is 31.2 Å². The zero-order valence-electron chi connectivity index (χ0n) is 12.7. The number of hydrogen-bond acceptors (Lipinski definition) is 3. The predicted molar refractivity (Wildman–Crippen MR) is 90.7 cm³/mol. The molecule has 0 unspecified atom stereocenters. The van der Waals surface area contributed by atoms with Gasteiger partial charge in [-0.15, -0.1) is 0 Å². The number of amides is 1. The summed E-state index contributed by atoms with van der Waals surface area (Å²) in [5.41, 5.74) is 0.826. The van der Waals surface area contributed by atoms with Crippen LogP contribution in [0.25, 0.3) is 0 Å². The second kappa shape index (κ2) is 8.13. The summed E-state index contributed by atoms with van der Waals surface area (Å²) in [6, 6.07) is 10.2. The molecule has 0 spiro atoms. The third-order valence-corrected chi connectivity index (χ3v) is 3.65. The SMILES string of the molecule is C[C@H](OC(=O)Cc1cccc(F)c1)C(=O)Nc1ccc(Cl)cc1Cl. The van der Waals surface area contributed by atoms with E-state index in [2.05, 4.69) is 5.32 Å². The van der Waals surface area contributed by atoms with Crippen LogP contribution in [0.4, 0.5) is 10.1 Å². The van der Waals surface area contributed by atoms with Gasteiger partial charge in [0.1, 0.15) is 5.82 Å². The molecule has 0 saturated heterocycles. The maximum Gasteiger partial charge on any atom is 0.311 e. The van der Waals surface area contributed by atoms with Gasteiger partial charge in [-0.2, -0.15) is 0 Å². The van der Waals surface area contributed by atoms with Crippen LogP contribution in [0.1, 0.15) is 12.5 Å². The zero-order chi connectivity index (χ0) is 17.7. The lowest BCUT2D eigenvalue weighted by atomic mass is 10.1. The highest BCUT2D eigenvalue weighted by atomic mass is 35.5. The summed E-state index contributed by atoms with van der Waals surface area (Å²) >= 11 is 11.7. The molecule has 0 aliphatic heterocycles. The molecular formula is C17H14Cl2FNO3. The number of ether oxygens (including phenoxy) is 1. The van der Waals surface area contributed by atoms with Gasteiger partial charge in [0, 0.05) is 5.02 Å². The summed E-state index contributed by atoms with van der Waals surface area (Å²) in [6.45, 7) is 1.43. The highest BCUT2D eigenvalue weighted by molar-refractivity contribution is 6.36. The Bertz CT molecular complexity index is 767. The van der Waals surface area contributed by atoms with Gasteiger partial charge in [-0.3, -0.25) is 9.59 Å². The van der Waals surface area contributed by atoms with Crippen molar-refractivity contribution in [3.63, 3.8) is 0 Å². The number of esters is 1. The van der Waals surface area contributed by atoms with Crippen molar-refractivity contribution >= 4 is 40.8 Å². The smallest absolute Gasteiger partial charge is 0.311 e. The van der Waals surface area contributed by atoms with Crippen molar-refractivity contribution in [3.8, 4) is 0 Å². The quantitative estimate of drug-likeness (QED) is 0.801. The van der Waals surface area contributed by atoms with Gasteiger partial charge in [0.25, 0.3) is 5.91 Å². The molecule has 0 radical (unpaired) electrons. The molecule has 0 fully saturated rings. The Hall–Kier alpha value is -2.11. The highest BCUT2D eigenvalue weighted by Crippen LogP contribution is 2.25. The van der Waals surface area contributed by atoms with Crippen LogP contribution in [0.5, 0.6) is 0 Å². The van der Waals surface area contributed by atoms with Crippen molar-refractivity contribution in [1.29, 1.82) is 0 Å². The van der Waals surface area contributed by atoms with Crippen LogP contribution in [-0.2, 0) is 20.7 Å². The molecule has 0 aliphatic carbocycles. The highest BCUT2D eigenvalue weighted by Gasteiger charge is 2.19. The van der Waals surface area contributed by atoms with Crippen LogP contribution in [-0.4, -0.2) is 18.0 Å². The number of anilines is 1. The van der Waals surface area contributed by atoms with E-state index in [9.17, 15) is 14.0 Å². The number of carbonyl (C=O) groups is 2. The second-order valence-electron chi connectivity index (χ2n) is 5.05. The fraction of sp³-hybridized carbons (Fsp3) is 0.176. The van der Waals surface area contributed by atoms with Gasteiger partial charge in [-0.25, -0.2) is 4.39 Å². The topological polar surface area (TPSA) is 55.4 Å². The summed E-state index contributed by atoms with van der Waals surface area (Å²) in [7, 11) is 0. The standard InChI is InChI=1S/C17H14Cl2FNO3/c1-10(17(23)21-15-6-5-12(18)9-14(15)19)24-16(22)8-11-3-2-4-13(20)7-11/h2-7,9-10H,8H2,1H3,(H,21,23)/t10-/m0/s1. The lowest BCUT2D eigenvalue weighted by Crippen LogP contribution is -2.30. The van der Waals surface area contributed by atoms with E-state index < -0.39 is 23.8 Å². The minimum atomic E-state index is -1.03. The van der Waals surface area contributed by atoms with Gasteiger partial charge in [0.05, 0.1) is 17.1 Å². The Balaban J connectivity index is 1.92. The average molecular weight is 370 g/mol. The largest absolute Gasteiger partial charge is 0.452 e. The first-order valence-corrected chi connectivity index (χ1v) is 7.80. The Morgan fingerprint density at radius 1 is 1.21 bits per heavy atom. The second-order valence-corrected chi connectivity index (χ2v) is 5.90. The molecule has 1 atom stereocenters. The fourth-order valence-electron chi connectivity index (χ4n) is 1.93. The Morgan fingerprint density at radius 2 is 1.96 bits per heavy atom. The molecule has 0 saturated carbocycles. The number of rotatable bonds is 5. The van der Waals surface area contributed by atoms with E-state index in [0.29, 0.717) is 16.3 Å². The van der Waals surface area contributed by atoms with Crippen LogP contribution < -0.4 is 5.32 Å². The van der Waals surface area contributed by atoms with Gasteiger partial charge < -0.3 is 10.1 Å². The summed E-state index contributed by atoms with van der Waals surface area (Å²) in [4.78, 5) is 23.9. The van der Waals surface area contributed by atoms with Crippen LogP contribution in [0.3, 0.4) is 0 Å². The van der Waals surface area contributed by atoms with Crippen molar-refractivity contribution in [1.82, 2.24) is 0 Å². The number of halogens is 3. The van der Waals surface area contributed by atoms with E-state index in [1.807, 2.05) is 0 Å². The van der Waals surface area contributed by atoms with Gasteiger partial charge >= 0.3 is 5.97 Å². The first-order chi connectivity index (χ1) is 11.3. The van der Waals surface area contributed by atoms with E-state index in [-0.39, 0.29) is 11.4 Å². The first kappa shape index (κ1) is 18.2. The van der Waals surface area contributed by atoms with Crippen molar-refractivity contribution in [2.75, 3.05) is 5.32 Å². The first-order valence-electron chi connectivity index (χ1n) is 7.05. The number of benzene rings is 2. The maximum atomic E-state index is 13.1.